The summed E-state index contributed by atoms with van der Waals surface area (Å²) in [5.41, 5.74) is 0.915. The van der Waals surface area contributed by atoms with Crippen LogP contribution in [0.4, 0.5) is 0 Å². The number of hydrogen-bond donors (Lipinski definition) is 2. The first kappa shape index (κ1) is 20.8. The highest BCUT2D eigenvalue weighted by Crippen LogP contribution is 2.41. The van der Waals surface area contributed by atoms with E-state index in [1.807, 2.05) is 18.2 Å². The standard InChI is InChI=1S/C20H32ClN3O2/c1-6-22-18(24-19(2,3)4)23-14-20(9-11-26-12-10-20)16-13-15(21)7-8-17(16)25-5/h7-8,13H,6,9-12,14H2,1-5H3,(H2,22,23,24). The van der Waals surface area contributed by atoms with E-state index in [9.17, 15) is 0 Å². The van der Waals surface area contributed by atoms with Gasteiger partial charge in [-0.25, -0.2) is 0 Å². The van der Waals surface area contributed by atoms with Crippen LogP contribution < -0.4 is 15.4 Å². The summed E-state index contributed by atoms with van der Waals surface area (Å²) < 4.78 is 11.3. The highest BCUT2D eigenvalue weighted by atomic mass is 35.5. The number of halogens is 1. The van der Waals surface area contributed by atoms with Crippen molar-refractivity contribution in [1.29, 1.82) is 0 Å². The molecule has 0 aromatic heterocycles. The van der Waals surface area contributed by atoms with Crippen LogP contribution in [0.3, 0.4) is 0 Å². The van der Waals surface area contributed by atoms with Gasteiger partial charge in [-0.3, -0.25) is 4.99 Å². The van der Waals surface area contributed by atoms with Crippen LogP contribution >= 0.6 is 11.6 Å². The zero-order valence-electron chi connectivity index (χ0n) is 16.6. The highest BCUT2D eigenvalue weighted by molar-refractivity contribution is 6.30. The molecule has 1 aliphatic heterocycles. The molecule has 5 nitrogen and oxygen atoms in total. The van der Waals surface area contributed by atoms with Crippen LogP contribution in [-0.4, -0.2) is 44.9 Å². The first-order chi connectivity index (χ1) is 12.3. The molecule has 146 valence electrons. The third kappa shape index (κ3) is 5.52. The Labute approximate surface area is 162 Å². The molecule has 2 rings (SSSR count). The van der Waals surface area contributed by atoms with Crippen molar-refractivity contribution in [2.45, 2.75) is 51.5 Å². The van der Waals surface area contributed by atoms with Crippen LogP contribution in [-0.2, 0) is 10.2 Å². The summed E-state index contributed by atoms with van der Waals surface area (Å²) in [5, 5.41) is 7.51. The number of nitrogens with one attached hydrogen (secondary N) is 2. The normalized spacial score (nSPS) is 17.7. The van der Waals surface area contributed by atoms with Crippen LogP contribution in [0.15, 0.2) is 23.2 Å². The molecule has 1 fully saturated rings. The quantitative estimate of drug-likeness (QED) is 0.602. The van der Waals surface area contributed by atoms with Crippen LogP contribution in [0.2, 0.25) is 5.02 Å². The molecule has 1 aliphatic rings. The number of methoxy groups -OCH3 is 1. The van der Waals surface area contributed by atoms with Gasteiger partial charge in [0.05, 0.1) is 13.7 Å². The Hall–Kier alpha value is -1.46. The van der Waals surface area contributed by atoms with Gasteiger partial charge in [0.2, 0.25) is 0 Å². The molecule has 0 radical (unpaired) electrons. The average molecular weight is 382 g/mol. The molecule has 0 saturated carbocycles. The summed E-state index contributed by atoms with van der Waals surface area (Å²) in [6, 6.07) is 5.83. The van der Waals surface area contributed by atoms with Gasteiger partial charge >= 0.3 is 0 Å². The van der Waals surface area contributed by atoms with Crippen LogP contribution in [0.1, 0.15) is 46.1 Å². The molecule has 1 aromatic rings. The predicted octanol–water partition coefficient (Wildman–Crippen LogP) is 3.75. The van der Waals surface area contributed by atoms with E-state index >= 15 is 0 Å². The van der Waals surface area contributed by atoms with Gasteiger partial charge in [-0.15, -0.1) is 0 Å². The number of aliphatic imine (C=N–C) groups is 1. The van der Waals surface area contributed by atoms with Crippen LogP contribution in [0.5, 0.6) is 5.75 Å². The van der Waals surface area contributed by atoms with Crippen molar-refractivity contribution in [2.24, 2.45) is 4.99 Å². The smallest absolute Gasteiger partial charge is 0.191 e. The number of hydrogen-bond acceptors (Lipinski definition) is 3. The Morgan fingerprint density at radius 2 is 2.00 bits per heavy atom. The lowest BCUT2D eigenvalue weighted by Gasteiger charge is -2.37. The number of nitrogens with zero attached hydrogens (tertiary/aromatic N) is 1. The highest BCUT2D eigenvalue weighted by Gasteiger charge is 2.37. The van der Waals surface area contributed by atoms with Gasteiger partial charge in [-0.05, 0) is 58.7 Å². The minimum atomic E-state index is -0.144. The van der Waals surface area contributed by atoms with E-state index in [0.29, 0.717) is 19.8 Å². The molecule has 1 aromatic carbocycles. The maximum absolute atomic E-state index is 6.31. The van der Waals surface area contributed by atoms with Crippen molar-refractivity contribution in [3.8, 4) is 5.75 Å². The molecule has 2 N–H and O–H groups in total. The molecule has 0 amide bonds. The number of rotatable bonds is 5. The summed E-state index contributed by atoms with van der Waals surface area (Å²) in [5.74, 6) is 1.69. The molecule has 0 spiro atoms. The fourth-order valence-electron chi connectivity index (χ4n) is 3.26. The molecule has 0 atom stereocenters. The van der Waals surface area contributed by atoms with Gasteiger partial charge < -0.3 is 20.1 Å². The second-order valence-electron chi connectivity index (χ2n) is 7.81. The monoisotopic (exact) mass is 381 g/mol. The second kappa shape index (κ2) is 8.96. The average Bonchev–Trinajstić information content (AvgIpc) is 2.59. The molecule has 1 saturated heterocycles. The van der Waals surface area contributed by atoms with Gasteiger partial charge in [0.1, 0.15) is 5.75 Å². The topological polar surface area (TPSA) is 54.9 Å². The van der Waals surface area contributed by atoms with Crippen molar-refractivity contribution in [2.75, 3.05) is 33.4 Å². The Morgan fingerprint density at radius 1 is 1.31 bits per heavy atom. The largest absolute Gasteiger partial charge is 0.496 e. The first-order valence-electron chi connectivity index (χ1n) is 9.28. The summed E-state index contributed by atoms with van der Waals surface area (Å²) in [4.78, 5) is 4.92. The van der Waals surface area contributed by atoms with E-state index < -0.39 is 0 Å². The zero-order valence-corrected chi connectivity index (χ0v) is 17.4. The number of guanidine groups is 1. The maximum atomic E-state index is 6.31. The molecular formula is C20H32ClN3O2. The van der Waals surface area contributed by atoms with E-state index in [1.165, 1.54) is 0 Å². The van der Waals surface area contributed by atoms with Gasteiger partial charge in [0.15, 0.2) is 5.96 Å². The Bertz CT molecular complexity index is 620. The predicted molar refractivity (Wildman–Crippen MR) is 109 cm³/mol. The third-order valence-electron chi connectivity index (χ3n) is 4.56. The summed E-state index contributed by atoms with van der Waals surface area (Å²) in [7, 11) is 1.70. The van der Waals surface area contributed by atoms with Crippen molar-refractivity contribution < 1.29 is 9.47 Å². The summed E-state index contributed by atoms with van der Waals surface area (Å²) >= 11 is 6.31. The molecule has 0 bridgehead atoms. The maximum Gasteiger partial charge on any atom is 0.191 e. The van der Waals surface area contributed by atoms with E-state index in [2.05, 4.69) is 38.3 Å². The van der Waals surface area contributed by atoms with E-state index in [4.69, 9.17) is 26.1 Å². The van der Waals surface area contributed by atoms with E-state index in [0.717, 1.165) is 41.7 Å². The Balaban J connectivity index is 2.37. The Morgan fingerprint density at radius 3 is 2.58 bits per heavy atom. The lowest BCUT2D eigenvalue weighted by molar-refractivity contribution is 0.0522. The van der Waals surface area contributed by atoms with Crippen LogP contribution in [0, 0.1) is 0 Å². The summed E-state index contributed by atoms with van der Waals surface area (Å²) in [6.45, 7) is 11.4. The first-order valence-corrected chi connectivity index (χ1v) is 9.66. The minimum Gasteiger partial charge on any atom is -0.496 e. The van der Waals surface area contributed by atoms with Crippen molar-refractivity contribution in [3.63, 3.8) is 0 Å². The SMILES string of the molecule is CCNC(=NCC1(c2cc(Cl)ccc2OC)CCOCC1)NC(C)(C)C. The van der Waals surface area contributed by atoms with Gasteiger partial charge in [0, 0.05) is 41.3 Å². The van der Waals surface area contributed by atoms with Gasteiger partial charge in [-0.2, -0.15) is 0 Å². The lowest BCUT2D eigenvalue weighted by atomic mass is 9.73. The Kier molecular flexibility index (Phi) is 7.18. The zero-order chi connectivity index (χ0) is 19.2. The van der Waals surface area contributed by atoms with Gasteiger partial charge in [-0.1, -0.05) is 11.6 Å². The molecule has 1 heterocycles. The molecule has 26 heavy (non-hydrogen) atoms. The number of benzene rings is 1. The van der Waals surface area contributed by atoms with Crippen molar-refractivity contribution in [1.82, 2.24) is 10.6 Å². The molecule has 6 heteroatoms. The molecule has 0 aliphatic carbocycles. The van der Waals surface area contributed by atoms with E-state index in [1.54, 1.807) is 7.11 Å². The van der Waals surface area contributed by atoms with Crippen molar-refractivity contribution in [3.05, 3.63) is 28.8 Å². The lowest BCUT2D eigenvalue weighted by Crippen LogP contribution is -2.48. The molecule has 0 unspecified atom stereocenters. The van der Waals surface area contributed by atoms with E-state index in [-0.39, 0.29) is 11.0 Å². The minimum absolute atomic E-state index is 0.0579. The van der Waals surface area contributed by atoms with Crippen LogP contribution in [0.25, 0.3) is 0 Å². The fourth-order valence-corrected chi connectivity index (χ4v) is 3.43. The van der Waals surface area contributed by atoms with Crippen molar-refractivity contribution >= 4 is 17.6 Å². The third-order valence-corrected chi connectivity index (χ3v) is 4.80. The summed E-state index contributed by atoms with van der Waals surface area (Å²) in [6.07, 6.45) is 1.78. The molecular weight excluding hydrogens is 350 g/mol. The second-order valence-corrected chi connectivity index (χ2v) is 8.24. The van der Waals surface area contributed by atoms with Gasteiger partial charge in [0.25, 0.3) is 0 Å². The number of ether oxygens (including phenoxy) is 2. The fraction of sp³-hybridized carbons (Fsp3) is 0.650.